The van der Waals surface area contributed by atoms with Crippen LogP contribution in [0.1, 0.15) is 72.6 Å². The minimum absolute atomic E-state index is 0.0533. The molecule has 5 aliphatic rings. The minimum Gasteiger partial charge on any atom is -0.393 e. The summed E-state index contributed by atoms with van der Waals surface area (Å²) in [5.74, 6) is 1.67. The zero-order valence-corrected chi connectivity index (χ0v) is 18.3. The highest BCUT2D eigenvalue weighted by molar-refractivity contribution is 5.31. The molecule has 1 N–H and O–H groups in total. The van der Waals surface area contributed by atoms with Gasteiger partial charge in [0.2, 0.25) is 0 Å². The molecule has 29 heavy (non-hydrogen) atoms. The molecule has 9 atom stereocenters. The van der Waals surface area contributed by atoms with Gasteiger partial charge in [-0.1, -0.05) is 20.4 Å². The van der Waals surface area contributed by atoms with Crippen LogP contribution < -0.4 is 0 Å². The van der Waals surface area contributed by atoms with Gasteiger partial charge in [-0.15, -0.1) is 0 Å². The third kappa shape index (κ3) is 2.51. The van der Waals surface area contributed by atoms with E-state index in [9.17, 15) is 13.9 Å². The van der Waals surface area contributed by atoms with Gasteiger partial charge >= 0.3 is 0 Å². The maximum atomic E-state index is 13.8. The third-order valence-corrected chi connectivity index (χ3v) is 10.4. The van der Waals surface area contributed by atoms with Crippen LogP contribution in [0.5, 0.6) is 0 Å². The molecule has 4 aliphatic carbocycles. The van der Waals surface area contributed by atoms with Crippen LogP contribution in [-0.4, -0.2) is 22.9 Å². The molecular formula is C25H36F2O2. The van der Waals surface area contributed by atoms with E-state index in [-0.39, 0.29) is 40.5 Å². The molecule has 1 saturated heterocycles. The summed E-state index contributed by atoms with van der Waals surface area (Å²) in [7, 11) is 0. The SMILES string of the molecule is C=C1[C@@H]2C3C[C@@H](O)CC[C@]3(C)C3CC[C@]4(C)C(=C(F)F)CCC4C3[C@H]2OC1(C)C. The summed E-state index contributed by atoms with van der Waals surface area (Å²) in [4.78, 5) is 0. The molecule has 0 aromatic carbocycles. The van der Waals surface area contributed by atoms with Crippen molar-refractivity contribution in [3.05, 3.63) is 23.8 Å². The Bertz CT molecular complexity index is 769. The molecule has 162 valence electrons. The van der Waals surface area contributed by atoms with Crippen LogP contribution in [0.25, 0.3) is 0 Å². The highest BCUT2D eigenvalue weighted by Gasteiger charge is 2.68. The average molecular weight is 407 g/mol. The number of aliphatic hydroxyl groups excluding tert-OH is 1. The van der Waals surface area contributed by atoms with Crippen molar-refractivity contribution >= 4 is 0 Å². The lowest BCUT2D eigenvalue weighted by Crippen LogP contribution is -2.61. The molecule has 1 heterocycles. The van der Waals surface area contributed by atoms with E-state index >= 15 is 0 Å². The maximum absolute atomic E-state index is 13.8. The Morgan fingerprint density at radius 3 is 2.45 bits per heavy atom. The lowest BCUT2D eigenvalue weighted by Gasteiger charge is -2.63. The van der Waals surface area contributed by atoms with Crippen LogP contribution in [-0.2, 0) is 4.74 Å². The van der Waals surface area contributed by atoms with Crippen molar-refractivity contribution in [2.45, 2.75) is 90.4 Å². The molecule has 0 spiro atoms. The van der Waals surface area contributed by atoms with Crippen LogP contribution in [0.2, 0.25) is 0 Å². The van der Waals surface area contributed by atoms with Gasteiger partial charge in [-0.2, -0.15) is 8.78 Å². The first-order valence-electron chi connectivity index (χ1n) is 11.6. The normalized spacial score (nSPS) is 53.1. The molecule has 2 nitrogen and oxygen atoms in total. The van der Waals surface area contributed by atoms with Crippen molar-refractivity contribution in [1.82, 2.24) is 0 Å². The second kappa shape index (κ2) is 6.16. The molecule has 4 saturated carbocycles. The van der Waals surface area contributed by atoms with E-state index in [2.05, 4.69) is 34.3 Å². The van der Waals surface area contributed by atoms with E-state index < -0.39 is 6.08 Å². The van der Waals surface area contributed by atoms with Gasteiger partial charge in [0.05, 0.1) is 17.8 Å². The van der Waals surface area contributed by atoms with Crippen molar-refractivity contribution < 1.29 is 18.6 Å². The van der Waals surface area contributed by atoms with Gasteiger partial charge in [-0.3, -0.25) is 0 Å². The predicted octanol–water partition coefficient (Wildman–Crippen LogP) is 6.11. The molecule has 4 heteroatoms. The number of halogens is 2. The highest BCUT2D eigenvalue weighted by Crippen LogP contribution is 2.71. The Hall–Kier alpha value is -0.740. The first-order valence-corrected chi connectivity index (χ1v) is 11.6. The Balaban J connectivity index is 1.63. The Morgan fingerprint density at radius 2 is 1.76 bits per heavy atom. The average Bonchev–Trinajstić information content (AvgIpc) is 3.10. The number of aliphatic hydroxyl groups is 1. The van der Waals surface area contributed by atoms with Crippen molar-refractivity contribution in [1.29, 1.82) is 0 Å². The molecule has 0 amide bonds. The van der Waals surface area contributed by atoms with Crippen molar-refractivity contribution in [3.63, 3.8) is 0 Å². The molecular weight excluding hydrogens is 370 g/mol. The molecule has 0 aromatic heterocycles. The fourth-order valence-electron chi connectivity index (χ4n) is 8.79. The van der Waals surface area contributed by atoms with E-state index in [4.69, 9.17) is 4.74 Å². The van der Waals surface area contributed by atoms with Crippen LogP contribution >= 0.6 is 0 Å². The molecule has 4 unspecified atom stereocenters. The molecule has 0 radical (unpaired) electrons. The Morgan fingerprint density at radius 1 is 1.03 bits per heavy atom. The van der Waals surface area contributed by atoms with Crippen LogP contribution in [0.4, 0.5) is 8.78 Å². The summed E-state index contributed by atoms with van der Waals surface area (Å²) in [6.07, 6.45) is 4.33. The number of hydrogen-bond donors (Lipinski definition) is 1. The second-order valence-corrected chi connectivity index (χ2v) is 11.7. The van der Waals surface area contributed by atoms with Crippen molar-refractivity contribution in [2.75, 3.05) is 0 Å². The molecule has 0 bridgehead atoms. The summed E-state index contributed by atoms with van der Waals surface area (Å²) in [5.41, 5.74) is 0.937. The summed E-state index contributed by atoms with van der Waals surface area (Å²) < 4.78 is 34.4. The molecule has 1 aliphatic heterocycles. The van der Waals surface area contributed by atoms with E-state index in [1.54, 1.807) is 0 Å². The first-order chi connectivity index (χ1) is 13.5. The summed E-state index contributed by atoms with van der Waals surface area (Å²) in [6.45, 7) is 13.2. The van der Waals surface area contributed by atoms with Gasteiger partial charge < -0.3 is 9.84 Å². The molecule has 0 aromatic rings. The van der Waals surface area contributed by atoms with Gasteiger partial charge in [0.15, 0.2) is 0 Å². The van der Waals surface area contributed by atoms with Gasteiger partial charge in [-0.05, 0) is 98.9 Å². The third-order valence-electron chi connectivity index (χ3n) is 10.4. The molecule has 5 fully saturated rings. The molecule has 5 rings (SSSR count). The number of fused-ring (bicyclic) bond motifs is 8. The zero-order valence-electron chi connectivity index (χ0n) is 18.3. The summed E-state index contributed by atoms with van der Waals surface area (Å²) >= 11 is 0. The highest BCUT2D eigenvalue weighted by atomic mass is 19.3. The van der Waals surface area contributed by atoms with Gasteiger partial charge in [-0.25, -0.2) is 0 Å². The van der Waals surface area contributed by atoms with Gasteiger partial charge in [0.25, 0.3) is 6.08 Å². The Kier molecular flexibility index (Phi) is 4.28. The second-order valence-electron chi connectivity index (χ2n) is 11.7. The minimum atomic E-state index is -1.44. The van der Waals surface area contributed by atoms with Gasteiger partial charge in [0, 0.05) is 11.5 Å². The summed E-state index contributed by atoms with van der Waals surface area (Å²) in [5, 5.41) is 10.5. The largest absolute Gasteiger partial charge is 0.393 e. The number of hydrogen-bond acceptors (Lipinski definition) is 2. The van der Waals surface area contributed by atoms with E-state index in [1.165, 1.54) is 0 Å². The lowest BCUT2D eigenvalue weighted by atomic mass is 9.41. The fraction of sp³-hybridized carbons (Fsp3) is 0.840. The number of allylic oxidation sites excluding steroid dienone is 1. The van der Waals surface area contributed by atoms with E-state index in [0.717, 1.165) is 44.1 Å². The van der Waals surface area contributed by atoms with Crippen molar-refractivity contribution in [2.24, 2.45) is 40.4 Å². The zero-order chi connectivity index (χ0) is 20.9. The van der Waals surface area contributed by atoms with Crippen LogP contribution in [0.3, 0.4) is 0 Å². The Labute approximate surface area is 173 Å². The summed E-state index contributed by atoms with van der Waals surface area (Å²) in [6, 6.07) is 0. The van der Waals surface area contributed by atoms with E-state index in [0.29, 0.717) is 29.7 Å². The quantitative estimate of drug-likeness (QED) is 0.492. The predicted molar refractivity (Wildman–Crippen MR) is 109 cm³/mol. The van der Waals surface area contributed by atoms with Crippen molar-refractivity contribution in [3.8, 4) is 0 Å². The first kappa shape index (κ1) is 20.2. The number of ether oxygens (including phenoxy) is 1. The number of rotatable bonds is 0. The van der Waals surface area contributed by atoms with Crippen LogP contribution in [0, 0.1) is 40.4 Å². The van der Waals surface area contributed by atoms with Gasteiger partial charge in [0.1, 0.15) is 0 Å². The fourth-order valence-corrected chi connectivity index (χ4v) is 8.79. The lowest BCUT2D eigenvalue weighted by molar-refractivity contribution is -0.193. The van der Waals surface area contributed by atoms with Crippen LogP contribution in [0.15, 0.2) is 23.8 Å². The maximum Gasteiger partial charge on any atom is 0.270 e. The monoisotopic (exact) mass is 406 g/mol. The topological polar surface area (TPSA) is 29.5 Å². The smallest absolute Gasteiger partial charge is 0.270 e. The van der Waals surface area contributed by atoms with E-state index in [1.807, 2.05) is 0 Å². The standard InChI is InChI=1S/C25H36F2O2/c1-13-19-18-12-14(28)8-10-25(18,5)16-9-11-24(4)15(6-7-17(24)22(26)27)20(16)21(19)29-23(13,2)3/h14-16,18-21,28H,1,6-12H2,2-5H3/t14-,15?,16?,18?,19+,20?,21-,24-,25+/m0/s1.